The summed E-state index contributed by atoms with van der Waals surface area (Å²) in [5, 5.41) is 2.69. The van der Waals surface area contributed by atoms with Gasteiger partial charge in [0.25, 0.3) is 0 Å². The smallest absolute Gasteiger partial charge is 0.366 e. The lowest BCUT2D eigenvalue weighted by molar-refractivity contribution is -0.235. The van der Waals surface area contributed by atoms with Gasteiger partial charge in [-0.05, 0) is 6.92 Å². The van der Waals surface area contributed by atoms with Crippen molar-refractivity contribution >= 4 is 12.4 Å². The Morgan fingerprint density at radius 1 is 1.42 bits per heavy atom. The molecule has 6 heteroatoms. The molecule has 0 amide bonds. The number of morpholine rings is 1. The van der Waals surface area contributed by atoms with Crippen LogP contribution in [0, 0.1) is 0 Å². The van der Waals surface area contributed by atoms with Gasteiger partial charge < -0.3 is 10.1 Å². The highest BCUT2D eigenvalue weighted by atomic mass is 35.5. The molecule has 1 heterocycles. The minimum absolute atomic E-state index is 0. The first-order valence-electron chi connectivity index (χ1n) is 3.43. The first kappa shape index (κ1) is 12.0. The first-order chi connectivity index (χ1) is 5.02. The van der Waals surface area contributed by atoms with E-state index in [1.165, 1.54) is 6.92 Å². The predicted molar refractivity (Wildman–Crippen MR) is 40.5 cm³/mol. The predicted octanol–water partition coefficient (Wildman–Crippen LogP) is 1.35. The Morgan fingerprint density at radius 3 is 2.33 bits per heavy atom. The SMILES string of the molecule is CC1NCCOC1C(F)(F)F.Cl. The van der Waals surface area contributed by atoms with Crippen molar-refractivity contribution in [2.45, 2.75) is 25.2 Å². The van der Waals surface area contributed by atoms with Crippen LogP contribution in [0.5, 0.6) is 0 Å². The number of hydrogen-bond donors (Lipinski definition) is 1. The van der Waals surface area contributed by atoms with E-state index in [2.05, 4.69) is 10.1 Å². The van der Waals surface area contributed by atoms with Gasteiger partial charge in [0.15, 0.2) is 6.10 Å². The van der Waals surface area contributed by atoms with Crippen LogP contribution in [0.2, 0.25) is 0 Å². The van der Waals surface area contributed by atoms with E-state index in [1.807, 2.05) is 0 Å². The van der Waals surface area contributed by atoms with Crippen molar-refractivity contribution in [3.8, 4) is 0 Å². The van der Waals surface area contributed by atoms with E-state index in [-0.39, 0.29) is 19.0 Å². The zero-order chi connectivity index (χ0) is 8.48. The van der Waals surface area contributed by atoms with Gasteiger partial charge in [0.2, 0.25) is 0 Å². The summed E-state index contributed by atoms with van der Waals surface area (Å²) in [6.07, 6.45) is -5.89. The maximum absolute atomic E-state index is 12.0. The molecule has 1 fully saturated rings. The highest BCUT2D eigenvalue weighted by Gasteiger charge is 2.45. The third kappa shape index (κ3) is 2.80. The van der Waals surface area contributed by atoms with Gasteiger partial charge in [0.1, 0.15) is 0 Å². The van der Waals surface area contributed by atoms with Crippen LogP contribution in [0.15, 0.2) is 0 Å². The molecule has 0 saturated carbocycles. The van der Waals surface area contributed by atoms with Gasteiger partial charge in [-0.3, -0.25) is 0 Å². The number of rotatable bonds is 0. The normalized spacial score (nSPS) is 31.0. The summed E-state index contributed by atoms with van der Waals surface area (Å²) < 4.78 is 40.6. The standard InChI is InChI=1S/C6H10F3NO.ClH/c1-4-5(6(7,8)9)11-3-2-10-4;/h4-5,10H,2-3H2,1H3;1H. The molecule has 1 saturated heterocycles. The van der Waals surface area contributed by atoms with Crippen molar-refractivity contribution in [1.29, 1.82) is 0 Å². The summed E-state index contributed by atoms with van der Waals surface area (Å²) in [5.41, 5.74) is 0. The van der Waals surface area contributed by atoms with E-state index in [9.17, 15) is 13.2 Å². The molecule has 74 valence electrons. The Morgan fingerprint density at radius 2 is 2.00 bits per heavy atom. The maximum atomic E-state index is 12.0. The summed E-state index contributed by atoms with van der Waals surface area (Å²) in [6, 6.07) is -0.635. The fourth-order valence-corrected chi connectivity index (χ4v) is 1.10. The molecule has 1 N–H and O–H groups in total. The van der Waals surface area contributed by atoms with Crippen molar-refractivity contribution < 1.29 is 17.9 Å². The average Bonchev–Trinajstić information content (AvgIpc) is 1.86. The van der Waals surface area contributed by atoms with Crippen LogP contribution in [0.4, 0.5) is 13.2 Å². The van der Waals surface area contributed by atoms with E-state index < -0.39 is 18.3 Å². The number of nitrogens with one attached hydrogen (secondary N) is 1. The molecule has 2 atom stereocenters. The summed E-state index contributed by atoms with van der Waals surface area (Å²) in [4.78, 5) is 0. The lowest BCUT2D eigenvalue weighted by Crippen LogP contribution is -2.53. The third-order valence-electron chi connectivity index (χ3n) is 1.64. The molecular weight excluding hydrogens is 195 g/mol. The Kier molecular flexibility index (Phi) is 4.30. The minimum atomic E-state index is -4.24. The minimum Gasteiger partial charge on any atom is -0.366 e. The number of ether oxygens (including phenoxy) is 1. The van der Waals surface area contributed by atoms with Gasteiger partial charge in [-0.25, -0.2) is 0 Å². The van der Waals surface area contributed by atoms with Crippen molar-refractivity contribution in [3.63, 3.8) is 0 Å². The van der Waals surface area contributed by atoms with E-state index >= 15 is 0 Å². The van der Waals surface area contributed by atoms with Crippen LogP contribution in [0.3, 0.4) is 0 Å². The molecule has 0 aromatic rings. The molecule has 0 aliphatic carbocycles. The molecule has 0 radical (unpaired) electrons. The molecule has 1 aliphatic rings. The van der Waals surface area contributed by atoms with Crippen LogP contribution in [-0.2, 0) is 4.74 Å². The van der Waals surface area contributed by atoms with Crippen LogP contribution in [-0.4, -0.2) is 31.5 Å². The van der Waals surface area contributed by atoms with Gasteiger partial charge in [-0.1, -0.05) is 0 Å². The largest absolute Gasteiger partial charge is 0.416 e. The molecule has 2 unspecified atom stereocenters. The van der Waals surface area contributed by atoms with Gasteiger partial charge in [0, 0.05) is 12.6 Å². The second-order valence-electron chi connectivity index (χ2n) is 2.58. The second kappa shape index (κ2) is 4.30. The zero-order valence-corrected chi connectivity index (χ0v) is 7.34. The number of halogens is 4. The molecular formula is C6H11ClF3NO. The lowest BCUT2D eigenvalue weighted by atomic mass is 10.1. The van der Waals surface area contributed by atoms with E-state index in [1.54, 1.807) is 0 Å². The molecule has 0 aromatic carbocycles. The molecule has 1 rings (SSSR count). The van der Waals surface area contributed by atoms with E-state index in [0.717, 1.165) is 0 Å². The van der Waals surface area contributed by atoms with E-state index in [0.29, 0.717) is 6.54 Å². The fourth-order valence-electron chi connectivity index (χ4n) is 1.10. The zero-order valence-electron chi connectivity index (χ0n) is 6.52. The molecule has 12 heavy (non-hydrogen) atoms. The Hall–Kier alpha value is -0.0000000000000000555. The maximum Gasteiger partial charge on any atom is 0.416 e. The van der Waals surface area contributed by atoms with Crippen molar-refractivity contribution in [2.75, 3.05) is 13.2 Å². The highest BCUT2D eigenvalue weighted by molar-refractivity contribution is 5.85. The monoisotopic (exact) mass is 205 g/mol. The Labute approximate surface area is 74.9 Å². The van der Waals surface area contributed by atoms with Gasteiger partial charge in [0.05, 0.1) is 6.61 Å². The van der Waals surface area contributed by atoms with Gasteiger partial charge in [-0.2, -0.15) is 13.2 Å². The summed E-state index contributed by atoms with van der Waals surface area (Å²) in [5.74, 6) is 0. The summed E-state index contributed by atoms with van der Waals surface area (Å²) in [7, 11) is 0. The second-order valence-corrected chi connectivity index (χ2v) is 2.58. The van der Waals surface area contributed by atoms with Gasteiger partial charge >= 0.3 is 6.18 Å². The van der Waals surface area contributed by atoms with Crippen LogP contribution in [0.25, 0.3) is 0 Å². The third-order valence-corrected chi connectivity index (χ3v) is 1.64. The average molecular weight is 206 g/mol. The summed E-state index contributed by atoms with van der Waals surface area (Å²) >= 11 is 0. The molecule has 0 aromatic heterocycles. The van der Waals surface area contributed by atoms with Gasteiger partial charge in [-0.15, -0.1) is 12.4 Å². The first-order valence-corrected chi connectivity index (χ1v) is 3.43. The molecule has 0 bridgehead atoms. The Balaban J connectivity index is 0.00000121. The lowest BCUT2D eigenvalue weighted by Gasteiger charge is -2.31. The van der Waals surface area contributed by atoms with Crippen LogP contribution < -0.4 is 5.32 Å². The quantitative estimate of drug-likeness (QED) is 0.645. The number of hydrogen-bond acceptors (Lipinski definition) is 2. The molecule has 2 nitrogen and oxygen atoms in total. The molecule has 0 spiro atoms. The van der Waals surface area contributed by atoms with Crippen molar-refractivity contribution in [1.82, 2.24) is 5.32 Å². The van der Waals surface area contributed by atoms with E-state index in [4.69, 9.17) is 0 Å². The van der Waals surface area contributed by atoms with Crippen LogP contribution >= 0.6 is 12.4 Å². The number of alkyl halides is 3. The topological polar surface area (TPSA) is 21.3 Å². The fraction of sp³-hybridized carbons (Fsp3) is 1.00. The summed E-state index contributed by atoms with van der Waals surface area (Å²) in [6.45, 7) is 2.10. The van der Waals surface area contributed by atoms with Crippen molar-refractivity contribution in [2.24, 2.45) is 0 Å². The van der Waals surface area contributed by atoms with Crippen molar-refractivity contribution in [3.05, 3.63) is 0 Å². The highest BCUT2D eigenvalue weighted by Crippen LogP contribution is 2.26. The Bertz CT molecular complexity index is 141. The molecule has 1 aliphatic heterocycles. The van der Waals surface area contributed by atoms with Crippen LogP contribution in [0.1, 0.15) is 6.92 Å².